The van der Waals surface area contributed by atoms with Gasteiger partial charge in [-0.25, -0.2) is 4.98 Å². The molecule has 0 amide bonds. The van der Waals surface area contributed by atoms with Gasteiger partial charge in [0.25, 0.3) is 0 Å². The zero-order valence-corrected chi connectivity index (χ0v) is 17.0. The Bertz CT molecular complexity index is 1290. The highest BCUT2D eigenvalue weighted by atomic mass is 16.5. The van der Waals surface area contributed by atoms with Crippen molar-refractivity contribution < 1.29 is 4.74 Å². The normalized spacial score (nSPS) is 12.3. The Morgan fingerprint density at radius 1 is 0.800 bits per heavy atom. The third kappa shape index (κ3) is 3.43. The summed E-state index contributed by atoms with van der Waals surface area (Å²) >= 11 is 0. The van der Waals surface area contributed by atoms with E-state index in [4.69, 9.17) is 9.72 Å². The van der Waals surface area contributed by atoms with Crippen molar-refractivity contribution in [1.82, 2.24) is 9.55 Å². The minimum Gasteiger partial charge on any atom is -0.483 e. The number of benzene rings is 4. The van der Waals surface area contributed by atoms with E-state index in [1.165, 1.54) is 16.3 Å². The summed E-state index contributed by atoms with van der Waals surface area (Å²) in [6, 6.07) is 33.4. The first kappa shape index (κ1) is 18.4. The van der Waals surface area contributed by atoms with Crippen molar-refractivity contribution in [3.05, 3.63) is 108 Å². The highest BCUT2D eigenvalue weighted by Crippen LogP contribution is 2.29. The predicted molar refractivity (Wildman–Crippen MR) is 123 cm³/mol. The fourth-order valence-electron chi connectivity index (χ4n) is 4.09. The smallest absolute Gasteiger partial charge is 0.156 e. The van der Waals surface area contributed by atoms with Crippen LogP contribution in [0.3, 0.4) is 0 Å². The lowest BCUT2D eigenvalue weighted by atomic mass is 10.0. The third-order valence-corrected chi connectivity index (χ3v) is 5.57. The molecule has 1 heterocycles. The first-order valence-corrected chi connectivity index (χ1v) is 10.5. The van der Waals surface area contributed by atoms with Crippen LogP contribution in [0.1, 0.15) is 30.8 Å². The van der Waals surface area contributed by atoms with E-state index in [1.54, 1.807) is 0 Å². The van der Waals surface area contributed by atoms with Gasteiger partial charge in [-0.1, -0.05) is 79.7 Å². The molecule has 0 saturated carbocycles. The second kappa shape index (κ2) is 8.03. The van der Waals surface area contributed by atoms with E-state index in [-0.39, 0.29) is 6.10 Å². The number of fused-ring (bicyclic) bond motifs is 2. The first-order valence-electron chi connectivity index (χ1n) is 10.5. The molecule has 5 aromatic rings. The van der Waals surface area contributed by atoms with Gasteiger partial charge in [0, 0.05) is 0 Å². The molecular weight excluding hydrogens is 368 g/mol. The molecule has 1 atom stereocenters. The van der Waals surface area contributed by atoms with Crippen LogP contribution in [-0.2, 0) is 6.54 Å². The van der Waals surface area contributed by atoms with Crippen LogP contribution in [0.5, 0.6) is 5.75 Å². The molecule has 0 spiro atoms. The average Bonchev–Trinajstić information content (AvgIpc) is 3.17. The number of nitrogens with zero attached hydrogens (tertiary/aromatic N) is 2. The number of ether oxygens (including phenoxy) is 1. The molecule has 0 aliphatic heterocycles. The molecule has 148 valence electrons. The highest BCUT2D eigenvalue weighted by Gasteiger charge is 2.21. The van der Waals surface area contributed by atoms with Gasteiger partial charge in [0.1, 0.15) is 5.75 Å². The Hall–Kier alpha value is -3.59. The van der Waals surface area contributed by atoms with Crippen LogP contribution in [0.4, 0.5) is 0 Å². The fourth-order valence-corrected chi connectivity index (χ4v) is 4.09. The van der Waals surface area contributed by atoms with E-state index >= 15 is 0 Å². The minimum absolute atomic E-state index is 0.116. The molecule has 1 unspecified atom stereocenters. The van der Waals surface area contributed by atoms with Crippen LogP contribution in [0.2, 0.25) is 0 Å². The number of aromatic nitrogens is 2. The first-order chi connectivity index (χ1) is 14.8. The molecule has 0 bridgehead atoms. The number of hydrogen-bond acceptors (Lipinski definition) is 2. The summed E-state index contributed by atoms with van der Waals surface area (Å²) in [5.74, 6) is 1.84. The summed E-state index contributed by atoms with van der Waals surface area (Å²) in [6.45, 7) is 2.90. The van der Waals surface area contributed by atoms with Crippen molar-refractivity contribution in [2.45, 2.75) is 26.0 Å². The number of rotatable bonds is 6. The van der Waals surface area contributed by atoms with Gasteiger partial charge in [-0.15, -0.1) is 0 Å². The lowest BCUT2D eigenvalue weighted by Gasteiger charge is -2.19. The maximum absolute atomic E-state index is 6.36. The molecular formula is C27H24N2O. The van der Waals surface area contributed by atoms with Crippen molar-refractivity contribution in [2.75, 3.05) is 0 Å². The quantitative estimate of drug-likeness (QED) is 0.319. The fraction of sp³-hybridized carbons (Fsp3) is 0.148. The molecule has 0 N–H and O–H groups in total. The molecule has 1 aromatic heterocycles. The number of hydrogen-bond donors (Lipinski definition) is 0. The van der Waals surface area contributed by atoms with E-state index in [2.05, 4.69) is 72.2 Å². The molecule has 0 saturated heterocycles. The standard InChI is InChI=1S/C27H24N2O/c1-2-26(30-22-14-4-3-5-15-22)27-28-24-17-8-9-18-25(24)29(27)19-21-13-10-12-20-11-6-7-16-23(20)21/h3-18,26H,2,19H2,1H3. The molecule has 3 nitrogen and oxygen atoms in total. The van der Waals surface area contributed by atoms with Gasteiger partial charge in [-0.05, 0) is 47.0 Å². The highest BCUT2D eigenvalue weighted by molar-refractivity contribution is 5.86. The summed E-state index contributed by atoms with van der Waals surface area (Å²) in [4.78, 5) is 4.99. The van der Waals surface area contributed by atoms with Crippen molar-refractivity contribution in [3.63, 3.8) is 0 Å². The Morgan fingerprint density at radius 2 is 1.53 bits per heavy atom. The Kier molecular flexibility index (Phi) is 4.94. The van der Waals surface area contributed by atoms with Gasteiger partial charge in [-0.3, -0.25) is 0 Å². The van der Waals surface area contributed by atoms with Gasteiger partial charge >= 0.3 is 0 Å². The van der Waals surface area contributed by atoms with E-state index in [0.717, 1.165) is 35.6 Å². The molecule has 3 heteroatoms. The van der Waals surface area contributed by atoms with E-state index in [9.17, 15) is 0 Å². The monoisotopic (exact) mass is 392 g/mol. The van der Waals surface area contributed by atoms with Gasteiger partial charge in [0.05, 0.1) is 17.6 Å². The van der Waals surface area contributed by atoms with Crippen LogP contribution in [0.15, 0.2) is 97.1 Å². The largest absolute Gasteiger partial charge is 0.483 e. The van der Waals surface area contributed by atoms with Crippen LogP contribution in [-0.4, -0.2) is 9.55 Å². The Balaban J connectivity index is 1.61. The van der Waals surface area contributed by atoms with Crippen molar-refractivity contribution in [1.29, 1.82) is 0 Å². The van der Waals surface area contributed by atoms with Crippen LogP contribution < -0.4 is 4.74 Å². The summed E-state index contributed by atoms with van der Waals surface area (Å²) < 4.78 is 8.68. The molecule has 4 aromatic carbocycles. The number of para-hydroxylation sites is 3. The van der Waals surface area contributed by atoms with Crippen molar-refractivity contribution in [3.8, 4) is 5.75 Å². The van der Waals surface area contributed by atoms with Gasteiger partial charge in [0.2, 0.25) is 0 Å². The second-order valence-electron chi connectivity index (χ2n) is 7.51. The number of imidazole rings is 1. The predicted octanol–water partition coefficient (Wildman–Crippen LogP) is 6.77. The van der Waals surface area contributed by atoms with Gasteiger partial charge in [0.15, 0.2) is 11.9 Å². The lowest BCUT2D eigenvalue weighted by Crippen LogP contribution is -2.15. The average molecular weight is 393 g/mol. The Labute approximate surface area is 176 Å². The van der Waals surface area contributed by atoms with E-state index < -0.39 is 0 Å². The molecule has 0 fully saturated rings. The molecule has 0 aliphatic rings. The van der Waals surface area contributed by atoms with Gasteiger partial charge < -0.3 is 9.30 Å². The summed E-state index contributed by atoms with van der Waals surface area (Å²) in [5.41, 5.74) is 3.42. The minimum atomic E-state index is -0.116. The Morgan fingerprint density at radius 3 is 2.40 bits per heavy atom. The molecule has 5 rings (SSSR count). The van der Waals surface area contributed by atoms with Crippen LogP contribution in [0, 0.1) is 0 Å². The van der Waals surface area contributed by atoms with E-state index in [0.29, 0.717) is 0 Å². The SMILES string of the molecule is CCC(Oc1ccccc1)c1nc2ccccc2n1Cc1cccc2ccccc12. The van der Waals surface area contributed by atoms with Gasteiger partial charge in [-0.2, -0.15) is 0 Å². The third-order valence-electron chi connectivity index (χ3n) is 5.57. The maximum atomic E-state index is 6.36. The zero-order valence-electron chi connectivity index (χ0n) is 17.0. The van der Waals surface area contributed by atoms with E-state index in [1.807, 2.05) is 36.4 Å². The maximum Gasteiger partial charge on any atom is 0.156 e. The molecule has 30 heavy (non-hydrogen) atoms. The summed E-state index contributed by atoms with van der Waals surface area (Å²) in [6.07, 6.45) is 0.725. The summed E-state index contributed by atoms with van der Waals surface area (Å²) in [5, 5.41) is 2.54. The zero-order chi connectivity index (χ0) is 20.3. The van der Waals surface area contributed by atoms with Crippen molar-refractivity contribution >= 4 is 21.8 Å². The summed E-state index contributed by atoms with van der Waals surface area (Å²) in [7, 11) is 0. The van der Waals surface area contributed by atoms with Crippen molar-refractivity contribution in [2.24, 2.45) is 0 Å². The van der Waals surface area contributed by atoms with Crippen LogP contribution >= 0.6 is 0 Å². The molecule has 0 radical (unpaired) electrons. The van der Waals surface area contributed by atoms with Crippen LogP contribution in [0.25, 0.3) is 21.8 Å². The second-order valence-corrected chi connectivity index (χ2v) is 7.51. The topological polar surface area (TPSA) is 27.1 Å². The lowest BCUT2D eigenvalue weighted by molar-refractivity contribution is 0.187. The molecule has 0 aliphatic carbocycles.